The molecule has 13 heteroatoms. The number of esters is 4. The van der Waals surface area contributed by atoms with Crippen LogP contribution in [-0.4, -0.2) is 99.4 Å². The van der Waals surface area contributed by atoms with Crippen molar-refractivity contribution in [3.63, 3.8) is 0 Å². The molecule has 0 amide bonds. The van der Waals surface area contributed by atoms with Crippen LogP contribution in [0.4, 0.5) is 0 Å². The van der Waals surface area contributed by atoms with Crippen LogP contribution in [0.2, 0.25) is 0 Å². The Kier molecular flexibility index (Phi) is 6.51. The Bertz CT molecular complexity index is 1500. The number of carbonyl (C=O) groups excluding carboxylic acids is 4. The highest BCUT2D eigenvalue weighted by Crippen LogP contribution is 2.81. The van der Waals surface area contributed by atoms with Gasteiger partial charge in [0.05, 0.1) is 23.7 Å². The van der Waals surface area contributed by atoms with Crippen molar-refractivity contribution in [1.29, 1.82) is 0 Å². The van der Waals surface area contributed by atoms with Gasteiger partial charge in [0.25, 0.3) is 0 Å². The molecule has 0 bridgehead atoms. The summed E-state index contributed by atoms with van der Waals surface area (Å²) in [6.07, 6.45) is -5.91. The number of hydrogen-bond acceptors (Lipinski definition) is 13. The van der Waals surface area contributed by atoms with E-state index in [2.05, 4.69) is 0 Å². The molecule has 1 spiro atoms. The van der Waals surface area contributed by atoms with Gasteiger partial charge in [-0.2, -0.15) is 0 Å². The van der Waals surface area contributed by atoms with E-state index in [1.54, 1.807) is 6.92 Å². The van der Waals surface area contributed by atoms with Crippen molar-refractivity contribution >= 4 is 23.9 Å². The van der Waals surface area contributed by atoms with E-state index in [0.717, 1.165) is 0 Å². The predicted molar refractivity (Wildman–Crippen MR) is 160 cm³/mol. The van der Waals surface area contributed by atoms with Crippen LogP contribution in [0.15, 0.2) is 0 Å². The lowest BCUT2D eigenvalue weighted by Crippen LogP contribution is -2.74. The minimum absolute atomic E-state index is 0.157. The lowest BCUT2D eigenvalue weighted by atomic mass is 9.39. The summed E-state index contributed by atoms with van der Waals surface area (Å²) in [4.78, 5) is 52.4. The molecule has 3 N–H and O–H groups in total. The van der Waals surface area contributed by atoms with Crippen molar-refractivity contribution in [2.24, 2.45) is 63.6 Å². The van der Waals surface area contributed by atoms with Gasteiger partial charge in [0.15, 0.2) is 5.60 Å². The maximum absolute atomic E-state index is 13.4. The number of carbonyl (C=O) groups is 4. The van der Waals surface area contributed by atoms with Crippen LogP contribution in [-0.2, 0) is 47.6 Å². The van der Waals surface area contributed by atoms with Gasteiger partial charge in [-0.05, 0) is 43.9 Å². The lowest BCUT2D eigenvalue weighted by Gasteiger charge is -2.67. The van der Waals surface area contributed by atoms with E-state index in [1.807, 2.05) is 27.7 Å². The van der Waals surface area contributed by atoms with Crippen molar-refractivity contribution in [1.82, 2.24) is 0 Å². The van der Waals surface area contributed by atoms with Crippen molar-refractivity contribution in [2.75, 3.05) is 0 Å². The zero-order chi connectivity index (χ0) is 35.0. The monoisotopic (exact) mass is 676 g/mol. The van der Waals surface area contributed by atoms with E-state index in [4.69, 9.17) is 28.4 Å². The second-order valence-electron chi connectivity index (χ2n) is 17.1. The second kappa shape index (κ2) is 9.51. The molecule has 5 aliphatic carbocycles. The fourth-order valence-electron chi connectivity index (χ4n) is 13.5. The van der Waals surface area contributed by atoms with Crippen LogP contribution in [0.3, 0.4) is 0 Å². The maximum Gasteiger partial charge on any atom is 0.341 e. The largest absolute Gasteiger partial charge is 0.462 e. The van der Waals surface area contributed by atoms with Gasteiger partial charge < -0.3 is 43.7 Å². The van der Waals surface area contributed by atoms with Crippen molar-refractivity contribution in [3.05, 3.63) is 0 Å². The summed E-state index contributed by atoms with van der Waals surface area (Å²) in [6, 6.07) is 0. The predicted octanol–water partition coefficient (Wildman–Crippen LogP) is 1.12. The SMILES string of the molecule is CC(=O)O[C@H]1[C@@H]2[C@H]([C@H](C)[C@H]3O[C@]34OC(=O)[C@@](C)(O)[C@]24C)[C@]2(C)[C@@H]1C1C([C@H](OC(C)=O)[C@@H]2O)[C@]2(C)[C@H](C[C@@H]3O[C@@H]3[C@@H]2O)[C@H](C)[C@@H]1OC(C)=O. The maximum atomic E-state index is 13.4. The number of hydrogen-bond donors (Lipinski definition) is 3. The van der Waals surface area contributed by atoms with E-state index >= 15 is 0 Å². The van der Waals surface area contributed by atoms with Crippen LogP contribution in [0.1, 0.15) is 68.7 Å². The molecule has 8 aliphatic rings. The summed E-state index contributed by atoms with van der Waals surface area (Å²) in [6.45, 7) is 14.8. The van der Waals surface area contributed by atoms with Crippen LogP contribution >= 0.6 is 0 Å². The number of ether oxygens (including phenoxy) is 6. The average molecular weight is 677 g/mol. The molecule has 5 saturated carbocycles. The molecular weight excluding hydrogens is 628 g/mol. The summed E-state index contributed by atoms with van der Waals surface area (Å²) >= 11 is 0. The fourth-order valence-corrected chi connectivity index (χ4v) is 13.5. The first-order chi connectivity index (χ1) is 22.2. The number of aliphatic hydroxyl groups is 3. The van der Waals surface area contributed by atoms with Gasteiger partial charge in [0.2, 0.25) is 5.79 Å². The van der Waals surface area contributed by atoms with E-state index in [0.29, 0.717) is 6.42 Å². The van der Waals surface area contributed by atoms with E-state index < -0.39 is 124 Å². The molecule has 0 radical (unpaired) electrons. The third kappa shape index (κ3) is 3.46. The molecule has 2 unspecified atom stereocenters. The molecule has 8 rings (SSSR count). The van der Waals surface area contributed by atoms with Gasteiger partial charge in [-0.1, -0.05) is 27.7 Å². The highest BCUT2D eigenvalue weighted by molar-refractivity contribution is 5.84. The molecule has 266 valence electrons. The van der Waals surface area contributed by atoms with E-state index in [1.165, 1.54) is 27.7 Å². The highest BCUT2D eigenvalue weighted by atomic mass is 16.8. The molecule has 48 heavy (non-hydrogen) atoms. The van der Waals surface area contributed by atoms with Gasteiger partial charge in [-0.25, -0.2) is 4.79 Å². The minimum atomic E-state index is -2.06. The minimum Gasteiger partial charge on any atom is -0.462 e. The third-order valence-electron chi connectivity index (χ3n) is 15.4. The Balaban J connectivity index is 1.40. The standard InChI is InChI=1S/C35H48O13/c1-11-16-10-17-24(46-17)27(39)31(16,6)21-18(23(11)43-13(3)36)20-25(44-14(4)37)22-19(32(20,7)28(40)26(21)45-15(5)38)12(2)29-35(47-29)33(22,8)34(9,42)30(41)48-35/h11-12,16-29,39-40,42H,10H2,1-9H3/t11-,12-,16+,17-,18?,19-,20+,21?,22-,23-,24-,25+,26-,27-,28-,29+,31-,32+,33-,34+,35-/m0/s1. The molecule has 13 nitrogen and oxygen atoms in total. The lowest BCUT2D eigenvalue weighted by molar-refractivity contribution is -0.290. The molecule has 21 atom stereocenters. The molecule has 3 saturated heterocycles. The number of rotatable bonds is 3. The summed E-state index contributed by atoms with van der Waals surface area (Å²) in [7, 11) is 0. The quantitative estimate of drug-likeness (QED) is 0.219. The fraction of sp³-hybridized carbons (Fsp3) is 0.886. The first-order valence-corrected chi connectivity index (χ1v) is 17.4. The van der Waals surface area contributed by atoms with Crippen molar-refractivity contribution in [3.8, 4) is 0 Å². The van der Waals surface area contributed by atoms with Gasteiger partial charge in [0.1, 0.15) is 30.5 Å². The Morgan fingerprint density at radius 3 is 1.94 bits per heavy atom. The van der Waals surface area contributed by atoms with E-state index in [9.17, 15) is 34.5 Å². The first-order valence-electron chi connectivity index (χ1n) is 17.4. The Hall–Kier alpha value is -2.32. The van der Waals surface area contributed by atoms with Crippen LogP contribution in [0.5, 0.6) is 0 Å². The zero-order valence-electron chi connectivity index (χ0n) is 28.9. The normalized spacial score (nSPS) is 61.1. The summed E-state index contributed by atoms with van der Waals surface area (Å²) in [5, 5.41) is 36.9. The molecule has 3 heterocycles. The molecule has 8 fully saturated rings. The second-order valence-corrected chi connectivity index (χ2v) is 17.1. The topological polar surface area (TPSA) is 191 Å². The molecule has 0 aromatic carbocycles. The number of fused-ring (bicyclic) bond motifs is 9. The molecule has 0 aromatic rings. The van der Waals surface area contributed by atoms with Crippen molar-refractivity contribution < 1.29 is 62.9 Å². The van der Waals surface area contributed by atoms with Crippen molar-refractivity contribution in [2.45, 2.75) is 129 Å². The molecule has 3 aliphatic heterocycles. The van der Waals surface area contributed by atoms with Gasteiger partial charge >= 0.3 is 23.9 Å². The molecular formula is C35H48O13. The Morgan fingerprint density at radius 2 is 1.33 bits per heavy atom. The smallest absolute Gasteiger partial charge is 0.341 e. The summed E-state index contributed by atoms with van der Waals surface area (Å²) in [5.41, 5.74) is -5.67. The van der Waals surface area contributed by atoms with Crippen LogP contribution < -0.4 is 0 Å². The third-order valence-corrected chi connectivity index (χ3v) is 15.4. The summed E-state index contributed by atoms with van der Waals surface area (Å²) < 4.78 is 36.8. The van der Waals surface area contributed by atoms with Gasteiger partial charge in [-0.3, -0.25) is 14.4 Å². The van der Waals surface area contributed by atoms with Gasteiger partial charge in [0, 0.05) is 55.3 Å². The zero-order valence-corrected chi connectivity index (χ0v) is 28.9. The highest BCUT2D eigenvalue weighted by Gasteiger charge is 2.93. The summed E-state index contributed by atoms with van der Waals surface area (Å²) in [5.74, 6) is -8.53. The molecule has 0 aromatic heterocycles. The Labute approximate surface area is 279 Å². The van der Waals surface area contributed by atoms with Gasteiger partial charge in [-0.15, -0.1) is 0 Å². The Morgan fingerprint density at radius 1 is 0.771 bits per heavy atom. The average Bonchev–Trinajstić information content (AvgIpc) is 3.88. The van der Waals surface area contributed by atoms with Crippen LogP contribution in [0, 0.1) is 63.6 Å². The first kappa shape index (κ1) is 32.9. The van der Waals surface area contributed by atoms with E-state index in [-0.39, 0.29) is 23.9 Å². The number of aliphatic hydroxyl groups excluding tert-OH is 2. The number of epoxide rings is 2. The van der Waals surface area contributed by atoms with Crippen LogP contribution in [0.25, 0.3) is 0 Å².